The summed E-state index contributed by atoms with van der Waals surface area (Å²) in [4.78, 5) is 37.3. The van der Waals surface area contributed by atoms with E-state index >= 15 is 0 Å². The molecule has 0 bridgehead atoms. The van der Waals surface area contributed by atoms with Crippen molar-refractivity contribution in [3.8, 4) is 5.75 Å². The first kappa shape index (κ1) is 18.7. The molecule has 0 aliphatic carbocycles. The molecule has 3 rings (SSSR count). The van der Waals surface area contributed by atoms with Crippen molar-refractivity contribution in [1.82, 2.24) is 4.90 Å². The molecule has 0 aromatic heterocycles. The zero-order valence-electron chi connectivity index (χ0n) is 14.5. The quantitative estimate of drug-likeness (QED) is 0.759. The molecule has 0 saturated carbocycles. The predicted octanol–water partition coefficient (Wildman–Crippen LogP) is 4.02. The van der Waals surface area contributed by atoms with Gasteiger partial charge in [-0.25, -0.2) is 4.79 Å². The maximum absolute atomic E-state index is 12.6. The van der Waals surface area contributed by atoms with Gasteiger partial charge >= 0.3 is 5.97 Å². The molecule has 2 aromatic rings. The van der Waals surface area contributed by atoms with Crippen molar-refractivity contribution >= 4 is 35.0 Å². The number of ether oxygens (including phenoxy) is 1. The largest absolute Gasteiger partial charge is 0.494 e. The van der Waals surface area contributed by atoms with E-state index in [4.69, 9.17) is 9.84 Å². The number of aromatic carboxylic acids is 1. The van der Waals surface area contributed by atoms with E-state index in [1.54, 1.807) is 30.3 Å². The third-order valence-electron chi connectivity index (χ3n) is 3.88. The number of carboxylic acids is 1. The molecule has 138 valence electrons. The lowest BCUT2D eigenvalue weighted by Crippen LogP contribution is -2.27. The standard InChI is InChI=1S/C20H17NO5S/c1-2-26-16-8-6-13(7-9-16)11-17-18(22)21(20(25)27-17)12-14-4-3-5-15(10-14)19(23)24/h3-11H,2,12H2,1H3,(H,23,24). The van der Waals surface area contributed by atoms with Gasteiger partial charge in [0.1, 0.15) is 5.75 Å². The van der Waals surface area contributed by atoms with Crippen LogP contribution in [0.2, 0.25) is 0 Å². The number of thioether (sulfide) groups is 1. The van der Waals surface area contributed by atoms with Crippen LogP contribution < -0.4 is 4.74 Å². The van der Waals surface area contributed by atoms with Gasteiger partial charge in [0.15, 0.2) is 0 Å². The molecule has 2 amide bonds. The number of amides is 2. The number of nitrogens with zero attached hydrogens (tertiary/aromatic N) is 1. The van der Waals surface area contributed by atoms with Gasteiger partial charge in [0, 0.05) is 0 Å². The van der Waals surface area contributed by atoms with Crippen LogP contribution >= 0.6 is 11.8 Å². The van der Waals surface area contributed by atoms with Crippen molar-refractivity contribution in [3.05, 3.63) is 70.1 Å². The number of carbonyl (C=O) groups is 3. The van der Waals surface area contributed by atoms with Gasteiger partial charge in [-0.3, -0.25) is 14.5 Å². The third kappa shape index (κ3) is 4.38. The maximum atomic E-state index is 12.6. The van der Waals surface area contributed by atoms with Crippen LogP contribution in [0.3, 0.4) is 0 Å². The Balaban J connectivity index is 1.76. The number of rotatable bonds is 6. The zero-order chi connectivity index (χ0) is 19.4. The fourth-order valence-electron chi connectivity index (χ4n) is 2.60. The number of hydrogen-bond acceptors (Lipinski definition) is 5. The van der Waals surface area contributed by atoms with E-state index in [9.17, 15) is 14.4 Å². The second-order valence-corrected chi connectivity index (χ2v) is 6.77. The van der Waals surface area contributed by atoms with Gasteiger partial charge in [0.05, 0.1) is 23.6 Å². The van der Waals surface area contributed by atoms with Crippen molar-refractivity contribution in [2.45, 2.75) is 13.5 Å². The monoisotopic (exact) mass is 383 g/mol. The molecule has 27 heavy (non-hydrogen) atoms. The summed E-state index contributed by atoms with van der Waals surface area (Å²) in [7, 11) is 0. The minimum Gasteiger partial charge on any atom is -0.494 e. The first-order valence-corrected chi connectivity index (χ1v) is 9.10. The van der Waals surface area contributed by atoms with Crippen LogP contribution in [0.1, 0.15) is 28.4 Å². The molecule has 6 nitrogen and oxygen atoms in total. The second kappa shape index (κ2) is 8.09. The Bertz CT molecular complexity index is 920. The average Bonchev–Trinajstić information content (AvgIpc) is 2.91. The zero-order valence-corrected chi connectivity index (χ0v) is 15.4. The van der Waals surface area contributed by atoms with Crippen LogP contribution in [-0.4, -0.2) is 33.7 Å². The van der Waals surface area contributed by atoms with Crippen LogP contribution in [0.25, 0.3) is 6.08 Å². The van der Waals surface area contributed by atoms with E-state index in [1.807, 2.05) is 19.1 Å². The van der Waals surface area contributed by atoms with Gasteiger partial charge < -0.3 is 9.84 Å². The van der Waals surface area contributed by atoms with Gasteiger partial charge in [-0.05, 0) is 60.2 Å². The normalized spacial score (nSPS) is 15.4. The van der Waals surface area contributed by atoms with Crippen molar-refractivity contribution in [2.75, 3.05) is 6.61 Å². The van der Waals surface area contributed by atoms with Crippen LogP contribution in [0.15, 0.2) is 53.4 Å². The van der Waals surface area contributed by atoms with Gasteiger partial charge in [-0.1, -0.05) is 24.3 Å². The number of hydrogen-bond donors (Lipinski definition) is 1. The van der Waals surface area contributed by atoms with Crippen LogP contribution in [0.4, 0.5) is 4.79 Å². The van der Waals surface area contributed by atoms with Crippen LogP contribution in [0, 0.1) is 0 Å². The molecule has 0 radical (unpaired) electrons. The van der Waals surface area contributed by atoms with E-state index in [-0.39, 0.29) is 23.3 Å². The highest BCUT2D eigenvalue weighted by Gasteiger charge is 2.35. The van der Waals surface area contributed by atoms with E-state index in [2.05, 4.69) is 0 Å². The lowest BCUT2D eigenvalue weighted by atomic mass is 10.1. The van der Waals surface area contributed by atoms with E-state index < -0.39 is 5.97 Å². The van der Waals surface area contributed by atoms with E-state index in [1.165, 1.54) is 12.1 Å². The third-order valence-corrected chi connectivity index (χ3v) is 4.78. The summed E-state index contributed by atoms with van der Waals surface area (Å²) in [5.41, 5.74) is 1.49. The highest BCUT2D eigenvalue weighted by atomic mass is 32.2. The predicted molar refractivity (Wildman–Crippen MR) is 103 cm³/mol. The molecule has 1 aliphatic rings. The Morgan fingerprint density at radius 1 is 1.19 bits per heavy atom. The summed E-state index contributed by atoms with van der Waals surface area (Å²) >= 11 is 0.872. The highest BCUT2D eigenvalue weighted by molar-refractivity contribution is 8.18. The Kier molecular flexibility index (Phi) is 5.61. The smallest absolute Gasteiger partial charge is 0.335 e. The highest BCUT2D eigenvalue weighted by Crippen LogP contribution is 2.33. The SMILES string of the molecule is CCOc1ccc(C=C2SC(=O)N(Cc3cccc(C(=O)O)c3)C2=O)cc1. The summed E-state index contributed by atoms with van der Waals surface area (Å²) in [5, 5.41) is 8.69. The first-order chi connectivity index (χ1) is 13.0. The fourth-order valence-corrected chi connectivity index (χ4v) is 3.44. The first-order valence-electron chi connectivity index (χ1n) is 8.28. The van der Waals surface area contributed by atoms with Crippen LogP contribution in [0.5, 0.6) is 5.75 Å². The summed E-state index contributed by atoms with van der Waals surface area (Å²) in [5.74, 6) is -0.706. The topological polar surface area (TPSA) is 83.9 Å². The fraction of sp³-hybridized carbons (Fsp3) is 0.150. The molecule has 1 aliphatic heterocycles. The Hall–Kier alpha value is -3.06. The van der Waals surface area contributed by atoms with Crippen molar-refractivity contribution in [3.63, 3.8) is 0 Å². The molecule has 0 atom stereocenters. The van der Waals surface area contributed by atoms with Gasteiger partial charge in [0.25, 0.3) is 11.1 Å². The Morgan fingerprint density at radius 2 is 1.93 bits per heavy atom. The Labute approximate surface area is 160 Å². The minimum atomic E-state index is -1.05. The lowest BCUT2D eigenvalue weighted by molar-refractivity contribution is -0.123. The van der Waals surface area contributed by atoms with Gasteiger partial charge in [-0.15, -0.1) is 0 Å². The summed E-state index contributed by atoms with van der Waals surface area (Å²) < 4.78 is 5.38. The van der Waals surface area contributed by atoms with Crippen molar-refractivity contribution < 1.29 is 24.2 Å². The number of carbonyl (C=O) groups excluding carboxylic acids is 2. The molecule has 1 N–H and O–H groups in total. The molecular formula is C20H17NO5S. The molecule has 1 heterocycles. The van der Waals surface area contributed by atoms with Crippen LogP contribution in [-0.2, 0) is 11.3 Å². The molecule has 1 saturated heterocycles. The summed E-state index contributed by atoms with van der Waals surface area (Å²) in [6, 6.07) is 13.4. The minimum absolute atomic E-state index is 0.0341. The van der Waals surface area contributed by atoms with Crippen molar-refractivity contribution in [2.24, 2.45) is 0 Å². The Morgan fingerprint density at radius 3 is 2.59 bits per heavy atom. The van der Waals surface area contributed by atoms with Gasteiger partial charge in [0.2, 0.25) is 0 Å². The number of imide groups is 1. The van der Waals surface area contributed by atoms with Crippen molar-refractivity contribution in [1.29, 1.82) is 0 Å². The summed E-state index contributed by atoms with van der Waals surface area (Å²) in [6.07, 6.45) is 1.66. The summed E-state index contributed by atoms with van der Waals surface area (Å²) in [6.45, 7) is 2.50. The second-order valence-electron chi connectivity index (χ2n) is 5.78. The maximum Gasteiger partial charge on any atom is 0.335 e. The van der Waals surface area contributed by atoms with Gasteiger partial charge in [-0.2, -0.15) is 0 Å². The molecule has 1 fully saturated rings. The average molecular weight is 383 g/mol. The van der Waals surface area contributed by atoms with E-state index in [0.29, 0.717) is 17.1 Å². The molecule has 2 aromatic carbocycles. The molecule has 0 unspecified atom stereocenters. The number of carboxylic acid groups (broad SMARTS) is 1. The molecule has 0 spiro atoms. The van der Waals surface area contributed by atoms with E-state index in [0.717, 1.165) is 28.0 Å². The molecular weight excluding hydrogens is 366 g/mol. The molecule has 7 heteroatoms. The number of benzene rings is 2. The lowest BCUT2D eigenvalue weighted by Gasteiger charge is -2.12.